The fourth-order valence-electron chi connectivity index (χ4n) is 1.10. The standard InChI is InChI=1S/C8H6Cl2N6/c9-3-1-2-4(10)13-5(3)6-7(11)14-8(12)16-15-6/h1-2H,(H4,11,12,14,16). The summed E-state index contributed by atoms with van der Waals surface area (Å²) in [6, 6.07) is 3.14. The Morgan fingerprint density at radius 3 is 2.38 bits per heavy atom. The van der Waals surface area contributed by atoms with E-state index in [1.807, 2.05) is 0 Å². The lowest BCUT2D eigenvalue weighted by Gasteiger charge is -2.04. The van der Waals surface area contributed by atoms with Crippen molar-refractivity contribution in [2.24, 2.45) is 0 Å². The molecule has 2 aromatic heterocycles. The van der Waals surface area contributed by atoms with Gasteiger partial charge < -0.3 is 11.5 Å². The fraction of sp³-hybridized carbons (Fsp3) is 0. The van der Waals surface area contributed by atoms with Crippen LogP contribution in [-0.2, 0) is 0 Å². The van der Waals surface area contributed by atoms with Crippen LogP contribution in [0, 0.1) is 0 Å². The minimum atomic E-state index is -0.0144. The second kappa shape index (κ2) is 4.07. The van der Waals surface area contributed by atoms with E-state index in [2.05, 4.69) is 20.2 Å². The number of nitrogens with zero attached hydrogens (tertiary/aromatic N) is 4. The zero-order valence-electron chi connectivity index (χ0n) is 7.85. The van der Waals surface area contributed by atoms with Gasteiger partial charge in [-0.2, -0.15) is 4.98 Å². The molecule has 8 heteroatoms. The van der Waals surface area contributed by atoms with E-state index >= 15 is 0 Å². The second-order valence-corrected chi connectivity index (χ2v) is 3.66. The van der Waals surface area contributed by atoms with Crippen LogP contribution in [0.5, 0.6) is 0 Å². The molecule has 0 amide bonds. The van der Waals surface area contributed by atoms with Crippen LogP contribution >= 0.6 is 23.2 Å². The van der Waals surface area contributed by atoms with Crippen LogP contribution in [0.2, 0.25) is 10.2 Å². The first-order chi connectivity index (χ1) is 7.58. The molecule has 16 heavy (non-hydrogen) atoms. The molecule has 0 fully saturated rings. The first-order valence-electron chi connectivity index (χ1n) is 4.16. The highest BCUT2D eigenvalue weighted by molar-refractivity contribution is 6.34. The maximum atomic E-state index is 5.94. The summed E-state index contributed by atoms with van der Waals surface area (Å²) in [6.07, 6.45) is 0. The van der Waals surface area contributed by atoms with Crippen LogP contribution in [-0.4, -0.2) is 20.2 Å². The summed E-state index contributed by atoms with van der Waals surface area (Å²) < 4.78 is 0. The summed E-state index contributed by atoms with van der Waals surface area (Å²) in [7, 11) is 0. The summed E-state index contributed by atoms with van der Waals surface area (Å²) in [5.74, 6) is 0.0866. The molecule has 2 aromatic rings. The van der Waals surface area contributed by atoms with Crippen molar-refractivity contribution >= 4 is 35.0 Å². The molecule has 0 unspecified atom stereocenters. The number of hydrogen-bond acceptors (Lipinski definition) is 6. The van der Waals surface area contributed by atoms with Gasteiger partial charge in [0.2, 0.25) is 5.95 Å². The highest BCUT2D eigenvalue weighted by Gasteiger charge is 2.13. The van der Waals surface area contributed by atoms with Crippen LogP contribution < -0.4 is 11.5 Å². The molecule has 82 valence electrons. The Morgan fingerprint density at radius 2 is 1.69 bits per heavy atom. The molecule has 0 saturated heterocycles. The molecular weight excluding hydrogens is 251 g/mol. The van der Waals surface area contributed by atoms with Crippen LogP contribution in [0.15, 0.2) is 12.1 Å². The highest BCUT2D eigenvalue weighted by Crippen LogP contribution is 2.28. The first-order valence-corrected chi connectivity index (χ1v) is 4.91. The summed E-state index contributed by atoms with van der Waals surface area (Å²) in [5.41, 5.74) is 11.5. The SMILES string of the molecule is Nc1nnc(-c2nc(Cl)ccc2Cl)c(N)n1. The van der Waals surface area contributed by atoms with Crippen LogP contribution in [0.3, 0.4) is 0 Å². The van der Waals surface area contributed by atoms with Crippen molar-refractivity contribution in [1.29, 1.82) is 0 Å². The molecule has 2 heterocycles. The molecular formula is C8H6Cl2N6. The van der Waals surface area contributed by atoms with E-state index in [0.717, 1.165) is 0 Å². The lowest BCUT2D eigenvalue weighted by atomic mass is 10.2. The Morgan fingerprint density at radius 1 is 0.938 bits per heavy atom. The highest BCUT2D eigenvalue weighted by atomic mass is 35.5. The number of nitrogens with two attached hydrogens (primary N) is 2. The Labute approximate surface area is 101 Å². The lowest BCUT2D eigenvalue weighted by molar-refractivity contribution is 0.992. The predicted molar refractivity (Wildman–Crippen MR) is 61.9 cm³/mol. The number of aromatic nitrogens is 4. The molecule has 0 saturated carbocycles. The largest absolute Gasteiger partial charge is 0.382 e. The van der Waals surface area contributed by atoms with E-state index in [9.17, 15) is 0 Å². The molecule has 6 nitrogen and oxygen atoms in total. The van der Waals surface area contributed by atoms with Crippen molar-refractivity contribution in [3.63, 3.8) is 0 Å². The summed E-state index contributed by atoms with van der Waals surface area (Å²) in [4.78, 5) is 7.76. The van der Waals surface area contributed by atoms with E-state index in [0.29, 0.717) is 10.7 Å². The van der Waals surface area contributed by atoms with Crippen molar-refractivity contribution in [3.8, 4) is 11.4 Å². The minimum absolute atomic E-state index is 0.0144. The monoisotopic (exact) mass is 256 g/mol. The van der Waals surface area contributed by atoms with Gasteiger partial charge in [-0.05, 0) is 12.1 Å². The summed E-state index contributed by atoms with van der Waals surface area (Å²) >= 11 is 11.7. The quantitative estimate of drug-likeness (QED) is 0.748. The minimum Gasteiger partial charge on any atom is -0.382 e. The molecule has 0 aromatic carbocycles. The van der Waals surface area contributed by atoms with E-state index < -0.39 is 0 Å². The zero-order valence-corrected chi connectivity index (χ0v) is 9.37. The van der Waals surface area contributed by atoms with Gasteiger partial charge in [0.1, 0.15) is 10.8 Å². The van der Waals surface area contributed by atoms with Crippen molar-refractivity contribution in [3.05, 3.63) is 22.3 Å². The van der Waals surface area contributed by atoms with Gasteiger partial charge in [-0.25, -0.2) is 4.98 Å². The fourth-order valence-corrected chi connectivity index (χ4v) is 1.45. The van der Waals surface area contributed by atoms with Gasteiger partial charge >= 0.3 is 0 Å². The van der Waals surface area contributed by atoms with Crippen LogP contribution in [0.1, 0.15) is 0 Å². The molecule has 0 spiro atoms. The van der Waals surface area contributed by atoms with E-state index in [4.69, 9.17) is 34.7 Å². The van der Waals surface area contributed by atoms with E-state index in [-0.39, 0.29) is 22.6 Å². The topological polar surface area (TPSA) is 104 Å². The molecule has 0 atom stereocenters. The maximum absolute atomic E-state index is 5.94. The average molecular weight is 257 g/mol. The first kappa shape index (κ1) is 10.8. The van der Waals surface area contributed by atoms with E-state index in [1.165, 1.54) is 0 Å². The van der Waals surface area contributed by atoms with E-state index in [1.54, 1.807) is 12.1 Å². The lowest BCUT2D eigenvalue weighted by Crippen LogP contribution is -2.05. The number of anilines is 2. The van der Waals surface area contributed by atoms with Gasteiger partial charge in [0.05, 0.1) is 5.02 Å². The van der Waals surface area contributed by atoms with Crippen molar-refractivity contribution in [2.75, 3.05) is 11.5 Å². The predicted octanol–water partition coefficient (Wildman–Crippen LogP) is 1.40. The van der Waals surface area contributed by atoms with Gasteiger partial charge in [0, 0.05) is 0 Å². The molecule has 4 N–H and O–H groups in total. The van der Waals surface area contributed by atoms with Crippen molar-refractivity contribution in [2.45, 2.75) is 0 Å². The molecule has 0 aliphatic carbocycles. The normalized spacial score (nSPS) is 10.4. The van der Waals surface area contributed by atoms with Crippen LogP contribution in [0.4, 0.5) is 11.8 Å². The number of nitrogen functional groups attached to an aromatic ring is 2. The smallest absolute Gasteiger partial charge is 0.242 e. The maximum Gasteiger partial charge on any atom is 0.242 e. The van der Waals surface area contributed by atoms with Gasteiger partial charge in [-0.1, -0.05) is 23.2 Å². The number of hydrogen-bond donors (Lipinski definition) is 2. The number of pyridine rings is 1. The summed E-state index contributed by atoms with van der Waals surface area (Å²) in [5, 5.41) is 8.00. The summed E-state index contributed by atoms with van der Waals surface area (Å²) in [6.45, 7) is 0. The van der Waals surface area contributed by atoms with Crippen LogP contribution in [0.25, 0.3) is 11.4 Å². The van der Waals surface area contributed by atoms with Gasteiger partial charge in [0.25, 0.3) is 0 Å². The van der Waals surface area contributed by atoms with Gasteiger partial charge in [0.15, 0.2) is 11.5 Å². The number of rotatable bonds is 1. The molecule has 0 radical (unpaired) electrons. The molecule has 2 rings (SSSR count). The Kier molecular flexibility index (Phi) is 2.76. The average Bonchev–Trinajstić information content (AvgIpc) is 2.22. The van der Waals surface area contributed by atoms with Gasteiger partial charge in [-0.15, -0.1) is 10.2 Å². The molecule has 0 bridgehead atoms. The molecule has 0 aliphatic rings. The third-order valence-electron chi connectivity index (χ3n) is 1.77. The van der Waals surface area contributed by atoms with Gasteiger partial charge in [-0.3, -0.25) is 0 Å². The third-order valence-corrected chi connectivity index (χ3v) is 2.28. The molecule has 0 aliphatic heterocycles. The Balaban J connectivity index is 2.62. The zero-order chi connectivity index (χ0) is 11.7. The Bertz CT molecular complexity index is 544. The third kappa shape index (κ3) is 1.98. The van der Waals surface area contributed by atoms with Crippen molar-refractivity contribution < 1.29 is 0 Å². The number of halogens is 2. The second-order valence-electron chi connectivity index (χ2n) is 2.87. The Hall–Kier alpha value is -1.66. The van der Waals surface area contributed by atoms with Crippen molar-refractivity contribution in [1.82, 2.24) is 20.2 Å².